The van der Waals surface area contributed by atoms with Crippen LogP contribution in [0.25, 0.3) is 0 Å². The Morgan fingerprint density at radius 3 is 2.75 bits per heavy atom. The lowest BCUT2D eigenvalue weighted by atomic mass is 9.88. The molecule has 0 aliphatic rings. The van der Waals surface area contributed by atoms with Crippen molar-refractivity contribution in [3.8, 4) is 0 Å². The highest BCUT2D eigenvalue weighted by Crippen LogP contribution is 2.20. The summed E-state index contributed by atoms with van der Waals surface area (Å²) >= 11 is 0. The molecule has 0 heterocycles. The van der Waals surface area contributed by atoms with Crippen LogP contribution in [0.1, 0.15) is 32.3 Å². The van der Waals surface area contributed by atoms with Gasteiger partial charge in [-0.3, -0.25) is 4.79 Å². The van der Waals surface area contributed by atoms with Gasteiger partial charge in [-0.05, 0) is 42.9 Å². The topological polar surface area (TPSA) is 61.4 Å². The molecule has 1 rings (SSSR count). The number of amides is 1. The van der Waals surface area contributed by atoms with Crippen LogP contribution in [0.2, 0.25) is 0 Å². The third-order valence-corrected chi connectivity index (χ3v) is 3.20. The standard InChI is InChI=1S/C16H26N2O2/c1-13-6-4-7-14(10-13)18-15(20)11-17-12-16(2,3)8-5-9-19/h4,6-7,10,17,19H,5,8-9,11-12H2,1-3H3,(H,18,20). The van der Waals surface area contributed by atoms with Gasteiger partial charge in [-0.15, -0.1) is 0 Å². The molecule has 0 atom stereocenters. The molecule has 0 fully saturated rings. The van der Waals surface area contributed by atoms with E-state index >= 15 is 0 Å². The number of rotatable bonds is 8. The van der Waals surface area contributed by atoms with E-state index in [0.29, 0.717) is 6.54 Å². The second-order valence-corrected chi connectivity index (χ2v) is 6.01. The molecule has 1 amide bonds. The molecule has 3 N–H and O–H groups in total. The summed E-state index contributed by atoms with van der Waals surface area (Å²) in [6, 6.07) is 7.76. The number of carbonyl (C=O) groups is 1. The Morgan fingerprint density at radius 1 is 1.35 bits per heavy atom. The van der Waals surface area contributed by atoms with Crippen LogP contribution in [0.5, 0.6) is 0 Å². The normalized spacial score (nSPS) is 11.4. The molecule has 0 aliphatic heterocycles. The number of aliphatic hydroxyl groups is 1. The number of benzene rings is 1. The van der Waals surface area contributed by atoms with Crippen molar-refractivity contribution < 1.29 is 9.90 Å². The highest BCUT2D eigenvalue weighted by molar-refractivity contribution is 5.92. The van der Waals surface area contributed by atoms with Crippen LogP contribution < -0.4 is 10.6 Å². The molecular formula is C16H26N2O2. The molecule has 4 nitrogen and oxygen atoms in total. The lowest BCUT2D eigenvalue weighted by molar-refractivity contribution is -0.115. The van der Waals surface area contributed by atoms with Crippen molar-refractivity contribution in [1.29, 1.82) is 0 Å². The van der Waals surface area contributed by atoms with E-state index in [4.69, 9.17) is 5.11 Å². The second kappa shape index (κ2) is 8.02. The maximum atomic E-state index is 11.8. The summed E-state index contributed by atoms with van der Waals surface area (Å²) in [7, 11) is 0. The fourth-order valence-electron chi connectivity index (χ4n) is 2.09. The van der Waals surface area contributed by atoms with Crippen LogP contribution in [0.3, 0.4) is 0 Å². The van der Waals surface area contributed by atoms with E-state index in [1.807, 2.05) is 31.2 Å². The first-order valence-corrected chi connectivity index (χ1v) is 7.11. The molecule has 0 radical (unpaired) electrons. The minimum Gasteiger partial charge on any atom is -0.396 e. The van der Waals surface area contributed by atoms with Crippen LogP contribution >= 0.6 is 0 Å². The Bertz CT molecular complexity index is 430. The Balaban J connectivity index is 2.30. The summed E-state index contributed by atoms with van der Waals surface area (Å²) in [6.07, 6.45) is 1.74. The van der Waals surface area contributed by atoms with Crippen LogP contribution in [-0.2, 0) is 4.79 Å². The van der Waals surface area contributed by atoms with Crippen molar-refractivity contribution in [1.82, 2.24) is 5.32 Å². The summed E-state index contributed by atoms with van der Waals surface area (Å²) < 4.78 is 0. The average Bonchev–Trinajstić information content (AvgIpc) is 2.36. The van der Waals surface area contributed by atoms with Crippen molar-refractivity contribution >= 4 is 11.6 Å². The number of hydrogen-bond acceptors (Lipinski definition) is 3. The van der Waals surface area contributed by atoms with Crippen LogP contribution in [0.15, 0.2) is 24.3 Å². The zero-order chi connectivity index (χ0) is 15.0. The fourth-order valence-corrected chi connectivity index (χ4v) is 2.09. The highest BCUT2D eigenvalue weighted by Gasteiger charge is 2.17. The lowest BCUT2D eigenvalue weighted by Crippen LogP contribution is -2.35. The number of anilines is 1. The van der Waals surface area contributed by atoms with Crippen LogP contribution in [0, 0.1) is 12.3 Å². The van der Waals surface area contributed by atoms with Gasteiger partial charge in [0.1, 0.15) is 0 Å². The van der Waals surface area contributed by atoms with Gasteiger partial charge >= 0.3 is 0 Å². The maximum absolute atomic E-state index is 11.8. The van der Waals surface area contributed by atoms with E-state index in [9.17, 15) is 4.79 Å². The Labute approximate surface area is 121 Å². The Morgan fingerprint density at radius 2 is 2.10 bits per heavy atom. The molecule has 1 aromatic rings. The molecular weight excluding hydrogens is 252 g/mol. The Hall–Kier alpha value is -1.39. The van der Waals surface area contributed by atoms with Crippen LogP contribution in [0.4, 0.5) is 5.69 Å². The van der Waals surface area contributed by atoms with Crippen molar-refractivity contribution in [2.75, 3.05) is 25.0 Å². The summed E-state index contributed by atoms with van der Waals surface area (Å²) in [5, 5.41) is 14.9. The number of hydrogen-bond donors (Lipinski definition) is 3. The van der Waals surface area contributed by atoms with Gasteiger partial charge in [0.2, 0.25) is 5.91 Å². The van der Waals surface area contributed by atoms with Crippen LogP contribution in [-0.4, -0.2) is 30.7 Å². The molecule has 0 bridgehead atoms. The quantitative estimate of drug-likeness (QED) is 0.684. The number of aryl methyl sites for hydroxylation is 1. The molecule has 112 valence electrons. The monoisotopic (exact) mass is 278 g/mol. The fraction of sp³-hybridized carbons (Fsp3) is 0.562. The van der Waals surface area contributed by atoms with Gasteiger partial charge < -0.3 is 15.7 Å². The molecule has 0 saturated heterocycles. The van der Waals surface area contributed by atoms with Crippen molar-refractivity contribution in [3.63, 3.8) is 0 Å². The zero-order valence-electron chi connectivity index (χ0n) is 12.7. The van der Waals surface area contributed by atoms with Gasteiger partial charge in [0.05, 0.1) is 6.54 Å². The number of carbonyl (C=O) groups excluding carboxylic acids is 1. The van der Waals surface area contributed by atoms with Crippen molar-refractivity contribution in [2.45, 2.75) is 33.6 Å². The van der Waals surface area contributed by atoms with Crippen molar-refractivity contribution in [2.24, 2.45) is 5.41 Å². The first kappa shape index (κ1) is 16.7. The minimum absolute atomic E-state index is 0.0337. The van der Waals surface area contributed by atoms with Gasteiger partial charge in [0, 0.05) is 18.8 Å². The van der Waals surface area contributed by atoms with Gasteiger partial charge in [-0.25, -0.2) is 0 Å². The van der Waals surface area contributed by atoms with E-state index in [1.165, 1.54) is 0 Å². The third-order valence-electron chi connectivity index (χ3n) is 3.20. The molecule has 1 aromatic carbocycles. The summed E-state index contributed by atoms with van der Waals surface area (Å²) in [4.78, 5) is 11.8. The first-order chi connectivity index (χ1) is 9.43. The molecule has 0 spiro atoms. The SMILES string of the molecule is Cc1cccc(NC(=O)CNCC(C)(C)CCCO)c1. The smallest absolute Gasteiger partial charge is 0.238 e. The molecule has 4 heteroatoms. The van der Waals surface area contributed by atoms with E-state index in [2.05, 4.69) is 24.5 Å². The van der Waals surface area contributed by atoms with Gasteiger partial charge in [-0.1, -0.05) is 26.0 Å². The lowest BCUT2D eigenvalue weighted by Gasteiger charge is -2.24. The predicted octanol–water partition coefficient (Wildman–Crippen LogP) is 2.32. The van der Waals surface area contributed by atoms with Gasteiger partial charge in [0.25, 0.3) is 0 Å². The summed E-state index contributed by atoms with van der Waals surface area (Å²) in [5.41, 5.74) is 2.05. The predicted molar refractivity (Wildman–Crippen MR) is 82.8 cm³/mol. The van der Waals surface area contributed by atoms with E-state index in [1.54, 1.807) is 0 Å². The first-order valence-electron chi connectivity index (χ1n) is 7.11. The molecule has 20 heavy (non-hydrogen) atoms. The highest BCUT2D eigenvalue weighted by atomic mass is 16.2. The largest absolute Gasteiger partial charge is 0.396 e. The minimum atomic E-state index is -0.0337. The maximum Gasteiger partial charge on any atom is 0.238 e. The van der Waals surface area contributed by atoms with Gasteiger partial charge in [0.15, 0.2) is 0 Å². The van der Waals surface area contributed by atoms with Gasteiger partial charge in [-0.2, -0.15) is 0 Å². The third kappa shape index (κ3) is 6.68. The number of nitrogens with one attached hydrogen (secondary N) is 2. The molecule has 0 aliphatic carbocycles. The molecule has 0 unspecified atom stereocenters. The number of aliphatic hydroxyl groups excluding tert-OH is 1. The second-order valence-electron chi connectivity index (χ2n) is 6.01. The van der Waals surface area contributed by atoms with E-state index < -0.39 is 0 Å². The molecule has 0 saturated carbocycles. The van der Waals surface area contributed by atoms with E-state index in [-0.39, 0.29) is 17.9 Å². The molecule has 0 aromatic heterocycles. The Kier molecular flexibility index (Phi) is 6.68. The van der Waals surface area contributed by atoms with E-state index in [0.717, 1.165) is 30.6 Å². The van der Waals surface area contributed by atoms with Crippen molar-refractivity contribution in [3.05, 3.63) is 29.8 Å². The summed E-state index contributed by atoms with van der Waals surface area (Å²) in [5.74, 6) is -0.0337. The average molecular weight is 278 g/mol. The summed E-state index contributed by atoms with van der Waals surface area (Å²) in [6.45, 7) is 7.54. The zero-order valence-corrected chi connectivity index (χ0v) is 12.7.